The van der Waals surface area contributed by atoms with E-state index in [4.69, 9.17) is 9.47 Å². The fourth-order valence-corrected chi connectivity index (χ4v) is 5.32. The van der Waals surface area contributed by atoms with Gasteiger partial charge in [-0.15, -0.1) is 11.3 Å². The van der Waals surface area contributed by atoms with E-state index in [2.05, 4.69) is 6.07 Å². The fraction of sp³-hybridized carbons (Fsp3) is 0.200. The zero-order valence-electron chi connectivity index (χ0n) is 19.5. The van der Waals surface area contributed by atoms with Crippen molar-refractivity contribution in [1.29, 1.82) is 0 Å². The normalized spacial score (nSPS) is 13.7. The van der Waals surface area contributed by atoms with Gasteiger partial charge in [-0.1, -0.05) is 78.9 Å². The predicted octanol–water partition coefficient (Wildman–Crippen LogP) is 7.03. The van der Waals surface area contributed by atoms with Gasteiger partial charge < -0.3 is 9.47 Å². The van der Waals surface area contributed by atoms with E-state index in [1.165, 1.54) is 11.3 Å². The maximum absolute atomic E-state index is 12.8. The topological polar surface area (TPSA) is 52.6 Å². The van der Waals surface area contributed by atoms with Gasteiger partial charge in [0, 0.05) is 4.88 Å². The fourth-order valence-electron chi connectivity index (χ4n) is 4.43. The van der Waals surface area contributed by atoms with E-state index in [0.717, 1.165) is 45.5 Å². The molecule has 0 N–H and O–H groups in total. The number of carbonyl (C=O) groups is 2. The minimum absolute atomic E-state index is 0.138. The number of benzene rings is 3. The maximum Gasteiger partial charge on any atom is 0.339 e. The predicted molar refractivity (Wildman–Crippen MR) is 138 cm³/mol. The van der Waals surface area contributed by atoms with Crippen LogP contribution in [-0.4, -0.2) is 18.5 Å². The zero-order chi connectivity index (χ0) is 24.3. The van der Waals surface area contributed by atoms with Gasteiger partial charge in [0.25, 0.3) is 0 Å². The van der Waals surface area contributed by atoms with Gasteiger partial charge in [-0.05, 0) is 59.0 Å². The summed E-state index contributed by atoms with van der Waals surface area (Å²) in [5.74, 6) is -0.467. The molecule has 0 saturated heterocycles. The first-order valence-corrected chi connectivity index (χ1v) is 12.7. The summed E-state index contributed by atoms with van der Waals surface area (Å²) in [7, 11) is 0. The molecule has 5 heteroatoms. The average molecular weight is 483 g/mol. The van der Waals surface area contributed by atoms with Crippen molar-refractivity contribution in [3.05, 3.63) is 107 Å². The molecule has 3 aromatic carbocycles. The van der Waals surface area contributed by atoms with Gasteiger partial charge >= 0.3 is 11.9 Å². The highest BCUT2D eigenvalue weighted by Gasteiger charge is 2.53. The van der Waals surface area contributed by atoms with Gasteiger partial charge in [0.2, 0.25) is 0 Å². The summed E-state index contributed by atoms with van der Waals surface area (Å²) >= 11 is 1.52. The maximum atomic E-state index is 12.8. The third-order valence-electron chi connectivity index (χ3n) is 6.41. The Balaban J connectivity index is 1.38. The highest BCUT2D eigenvalue weighted by atomic mass is 32.1. The lowest BCUT2D eigenvalue weighted by Crippen LogP contribution is -2.23. The second-order valence-corrected chi connectivity index (χ2v) is 9.57. The summed E-state index contributed by atoms with van der Waals surface area (Å²) in [5.41, 5.74) is 5.04. The number of hydrogen-bond donors (Lipinski definition) is 0. The second-order valence-electron chi connectivity index (χ2n) is 8.65. The van der Waals surface area contributed by atoms with E-state index in [1.807, 2.05) is 91.2 Å². The van der Waals surface area contributed by atoms with E-state index in [0.29, 0.717) is 12.2 Å². The van der Waals surface area contributed by atoms with Crippen LogP contribution in [0, 0.1) is 0 Å². The molecule has 0 unspecified atom stereocenters. The van der Waals surface area contributed by atoms with Crippen LogP contribution >= 0.6 is 11.3 Å². The minimum atomic E-state index is -0.533. The monoisotopic (exact) mass is 482 g/mol. The molecule has 0 bridgehead atoms. The Morgan fingerprint density at radius 1 is 0.829 bits per heavy atom. The Kier molecular flexibility index (Phi) is 6.51. The molecule has 35 heavy (non-hydrogen) atoms. The molecule has 1 aromatic heterocycles. The zero-order valence-corrected chi connectivity index (χ0v) is 20.3. The van der Waals surface area contributed by atoms with Gasteiger partial charge in [-0.3, -0.25) is 4.79 Å². The standard InChI is InChI=1S/C30H26O4S/c1-2-33-29(32)30(17-18-30)26-11-7-6-10-24(26)22-12-14-23(15-13-22)27-25(16-19-35-27)28(31)34-20-21-8-4-3-5-9-21/h3-16,19H,2,17-18,20H2,1H3. The third-order valence-corrected chi connectivity index (χ3v) is 7.38. The molecule has 0 amide bonds. The van der Waals surface area contributed by atoms with Crippen LogP contribution in [-0.2, 0) is 26.3 Å². The lowest BCUT2D eigenvalue weighted by molar-refractivity contribution is -0.146. The number of thiophene rings is 1. The Labute approximate surface area is 209 Å². The Bertz CT molecular complexity index is 1330. The van der Waals surface area contributed by atoms with Gasteiger partial charge in [0.1, 0.15) is 6.61 Å². The van der Waals surface area contributed by atoms with Gasteiger partial charge in [0.05, 0.1) is 17.6 Å². The molecular formula is C30H26O4S. The van der Waals surface area contributed by atoms with E-state index in [9.17, 15) is 9.59 Å². The molecule has 0 spiro atoms. The van der Waals surface area contributed by atoms with Crippen LogP contribution in [0.2, 0.25) is 0 Å². The van der Waals surface area contributed by atoms with E-state index in [1.54, 1.807) is 0 Å². The van der Waals surface area contributed by atoms with Crippen LogP contribution in [0.3, 0.4) is 0 Å². The van der Waals surface area contributed by atoms with Gasteiger partial charge in [-0.25, -0.2) is 4.79 Å². The molecule has 176 valence electrons. The van der Waals surface area contributed by atoms with Crippen LogP contribution in [0.5, 0.6) is 0 Å². The summed E-state index contributed by atoms with van der Waals surface area (Å²) in [6.45, 7) is 2.47. The lowest BCUT2D eigenvalue weighted by Gasteiger charge is -2.18. The molecule has 1 aliphatic rings. The van der Waals surface area contributed by atoms with E-state index < -0.39 is 5.41 Å². The summed E-state index contributed by atoms with van der Waals surface area (Å²) in [5, 5.41) is 1.91. The van der Waals surface area contributed by atoms with Crippen LogP contribution in [0.4, 0.5) is 0 Å². The summed E-state index contributed by atoms with van der Waals surface area (Å²) in [6.07, 6.45) is 1.62. The largest absolute Gasteiger partial charge is 0.465 e. The van der Waals surface area contributed by atoms with Crippen molar-refractivity contribution in [2.24, 2.45) is 0 Å². The number of hydrogen-bond acceptors (Lipinski definition) is 5. The average Bonchev–Trinajstić information content (AvgIpc) is 3.57. The molecule has 4 nitrogen and oxygen atoms in total. The smallest absolute Gasteiger partial charge is 0.339 e. The van der Waals surface area contributed by atoms with E-state index >= 15 is 0 Å². The van der Waals surface area contributed by atoms with Crippen molar-refractivity contribution in [2.45, 2.75) is 31.8 Å². The SMILES string of the molecule is CCOC(=O)C1(c2ccccc2-c2ccc(-c3sccc3C(=O)OCc3ccccc3)cc2)CC1. The molecule has 1 aliphatic carbocycles. The highest BCUT2D eigenvalue weighted by Crippen LogP contribution is 2.52. The highest BCUT2D eigenvalue weighted by molar-refractivity contribution is 7.14. The summed E-state index contributed by atoms with van der Waals surface area (Å²) < 4.78 is 10.9. The number of ether oxygens (including phenoxy) is 2. The molecule has 1 heterocycles. The molecule has 4 aromatic rings. The number of carbonyl (C=O) groups excluding carboxylic acids is 2. The minimum Gasteiger partial charge on any atom is -0.465 e. The summed E-state index contributed by atoms with van der Waals surface area (Å²) in [6, 6.07) is 27.7. The molecule has 0 atom stereocenters. The van der Waals surface area contributed by atoms with Crippen molar-refractivity contribution in [3.63, 3.8) is 0 Å². The van der Waals surface area contributed by atoms with Crippen molar-refractivity contribution in [3.8, 4) is 21.6 Å². The Morgan fingerprint density at radius 2 is 1.51 bits per heavy atom. The Hall–Kier alpha value is -3.70. The molecule has 0 aliphatic heterocycles. The molecule has 5 rings (SSSR count). The number of rotatable bonds is 8. The third kappa shape index (κ3) is 4.64. The van der Waals surface area contributed by atoms with Crippen LogP contribution in [0.25, 0.3) is 21.6 Å². The van der Waals surface area contributed by atoms with Crippen molar-refractivity contribution in [1.82, 2.24) is 0 Å². The van der Waals surface area contributed by atoms with Gasteiger partial charge in [0.15, 0.2) is 0 Å². The van der Waals surface area contributed by atoms with Gasteiger partial charge in [-0.2, -0.15) is 0 Å². The molecule has 1 saturated carbocycles. The summed E-state index contributed by atoms with van der Waals surface area (Å²) in [4.78, 5) is 26.4. The Morgan fingerprint density at radius 3 is 2.23 bits per heavy atom. The van der Waals surface area contributed by atoms with E-state index in [-0.39, 0.29) is 18.5 Å². The molecule has 0 radical (unpaired) electrons. The molecule has 1 fully saturated rings. The first kappa shape index (κ1) is 23.1. The van der Waals surface area contributed by atoms with Crippen molar-refractivity contribution in [2.75, 3.05) is 6.61 Å². The van der Waals surface area contributed by atoms with Crippen LogP contribution in [0.1, 0.15) is 41.3 Å². The second kappa shape index (κ2) is 9.88. The van der Waals surface area contributed by atoms with Crippen molar-refractivity contribution >= 4 is 23.3 Å². The number of esters is 2. The first-order valence-electron chi connectivity index (χ1n) is 11.8. The van der Waals surface area contributed by atoms with Crippen LogP contribution in [0.15, 0.2) is 90.3 Å². The molecular weight excluding hydrogens is 456 g/mol. The van der Waals surface area contributed by atoms with Crippen molar-refractivity contribution < 1.29 is 19.1 Å². The lowest BCUT2D eigenvalue weighted by atomic mass is 9.88. The van der Waals surface area contributed by atoms with Crippen LogP contribution < -0.4 is 0 Å². The first-order chi connectivity index (χ1) is 17.1. The quantitative estimate of drug-likeness (QED) is 0.253.